The monoisotopic (exact) mass is 249 g/mol. The van der Waals surface area contributed by atoms with Crippen LogP contribution in [-0.2, 0) is 11.3 Å². The molecule has 4 heteroatoms. The summed E-state index contributed by atoms with van der Waals surface area (Å²) >= 11 is 0. The maximum atomic E-state index is 5.56. The number of aromatic nitrogens is 1. The van der Waals surface area contributed by atoms with Crippen LogP contribution in [0.5, 0.6) is 0 Å². The Morgan fingerprint density at radius 2 is 2.44 bits per heavy atom. The van der Waals surface area contributed by atoms with E-state index in [2.05, 4.69) is 41.2 Å². The van der Waals surface area contributed by atoms with Gasteiger partial charge in [-0.1, -0.05) is 6.92 Å². The summed E-state index contributed by atoms with van der Waals surface area (Å²) in [7, 11) is 0. The van der Waals surface area contributed by atoms with Gasteiger partial charge in [0.15, 0.2) is 0 Å². The van der Waals surface area contributed by atoms with Gasteiger partial charge in [0, 0.05) is 32.4 Å². The first-order valence-corrected chi connectivity index (χ1v) is 6.80. The molecule has 4 nitrogen and oxygen atoms in total. The fourth-order valence-corrected chi connectivity index (χ4v) is 2.21. The summed E-state index contributed by atoms with van der Waals surface area (Å²) in [5.41, 5.74) is 1.32. The molecule has 1 atom stereocenters. The van der Waals surface area contributed by atoms with Gasteiger partial charge in [-0.15, -0.1) is 0 Å². The van der Waals surface area contributed by atoms with Crippen molar-refractivity contribution in [2.45, 2.75) is 32.9 Å². The predicted molar refractivity (Wildman–Crippen MR) is 73.7 cm³/mol. The minimum Gasteiger partial charge on any atom is -0.376 e. The van der Waals surface area contributed by atoms with Crippen molar-refractivity contribution >= 4 is 5.82 Å². The van der Waals surface area contributed by atoms with Gasteiger partial charge < -0.3 is 10.1 Å². The molecule has 2 rings (SSSR count). The highest BCUT2D eigenvalue weighted by Gasteiger charge is 2.16. The standard InChI is InChI=1S/C14H23N3O/c1-3-5-15-14-9-13(4-6-16-14)11-17-7-8-18-12(2)10-17/h4,6,9,12H,3,5,7-8,10-11H2,1-2H3,(H,15,16). The van der Waals surface area contributed by atoms with Gasteiger partial charge in [0.2, 0.25) is 0 Å². The third-order valence-electron chi connectivity index (χ3n) is 3.11. The van der Waals surface area contributed by atoms with Crippen molar-refractivity contribution in [3.63, 3.8) is 0 Å². The summed E-state index contributed by atoms with van der Waals surface area (Å²) in [6.45, 7) is 9.12. The Morgan fingerprint density at radius 1 is 1.56 bits per heavy atom. The van der Waals surface area contributed by atoms with E-state index in [9.17, 15) is 0 Å². The van der Waals surface area contributed by atoms with Crippen LogP contribution in [0.1, 0.15) is 25.8 Å². The molecule has 1 aliphatic rings. The second-order valence-electron chi connectivity index (χ2n) is 4.89. The SMILES string of the molecule is CCCNc1cc(CN2CCOC(C)C2)ccn1. The molecule has 1 aromatic rings. The van der Waals surface area contributed by atoms with Gasteiger partial charge in [-0.2, -0.15) is 0 Å². The maximum absolute atomic E-state index is 5.56. The van der Waals surface area contributed by atoms with E-state index in [1.807, 2.05) is 6.20 Å². The van der Waals surface area contributed by atoms with Crippen LogP contribution in [-0.4, -0.2) is 42.2 Å². The molecule has 1 unspecified atom stereocenters. The van der Waals surface area contributed by atoms with Crippen molar-refractivity contribution in [2.75, 3.05) is 31.6 Å². The van der Waals surface area contributed by atoms with Crippen LogP contribution in [0.15, 0.2) is 18.3 Å². The third kappa shape index (κ3) is 3.96. The fourth-order valence-electron chi connectivity index (χ4n) is 2.21. The number of anilines is 1. The first-order valence-electron chi connectivity index (χ1n) is 6.80. The van der Waals surface area contributed by atoms with Gasteiger partial charge in [-0.05, 0) is 31.0 Å². The molecule has 1 N–H and O–H groups in total. The largest absolute Gasteiger partial charge is 0.376 e. The van der Waals surface area contributed by atoms with E-state index in [4.69, 9.17) is 4.74 Å². The molecule has 0 bridgehead atoms. The fraction of sp³-hybridized carbons (Fsp3) is 0.643. The molecule has 1 saturated heterocycles. The lowest BCUT2D eigenvalue weighted by atomic mass is 10.2. The van der Waals surface area contributed by atoms with E-state index in [1.54, 1.807) is 0 Å². The van der Waals surface area contributed by atoms with E-state index in [-0.39, 0.29) is 0 Å². The molecule has 1 aromatic heterocycles. The Morgan fingerprint density at radius 3 is 3.22 bits per heavy atom. The number of hydrogen-bond donors (Lipinski definition) is 1. The number of nitrogens with one attached hydrogen (secondary N) is 1. The van der Waals surface area contributed by atoms with Crippen molar-refractivity contribution in [3.05, 3.63) is 23.9 Å². The zero-order valence-corrected chi connectivity index (χ0v) is 11.4. The summed E-state index contributed by atoms with van der Waals surface area (Å²) < 4.78 is 5.56. The summed E-state index contributed by atoms with van der Waals surface area (Å²) in [6.07, 6.45) is 3.35. The minimum atomic E-state index is 0.346. The lowest BCUT2D eigenvalue weighted by molar-refractivity contribution is -0.0212. The van der Waals surface area contributed by atoms with Crippen LogP contribution < -0.4 is 5.32 Å². The van der Waals surface area contributed by atoms with Crippen LogP contribution in [0.3, 0.4) is 0 Å². The topological polar surface area (TPSA) is 37.4 Å². The summed E-state index contributed by atoms with van der Waals surface area (Å²) in [5.74, 6) is 0.982. The molecular formula is C14H23N3O. The van der Waals surface area contributed by atoms with Crippen molar-refractivity contribution in [1.29, 1.82) is 0 Å². The maximum Gasteiger partial charge on any atom is 0.126 e. The normalized spacial score (nSPS) is 20.9. The Bertz CT molecular complexity index is 370. The zero-order valence-electron chi connectivity index (χ0n) is 11.4. The molecule has 1 aliphatic heterocycles. The van der Waals surface area contributed by atoms with Crippen molar-refractivity contribution in [1.82, 2.24) is 9.88 Å². The molecule has 0 amide bonds. The minimum absolute atomic E-state index is 0.346. The third-order valence-corrected chi connectivity index (χ3v) is 3.11. The van der Waals surface area contributed by atoms with Crippen molar-refractivity contribution in [3.8, 4) is 0 Å². The van der Waals surface area contributed by atoms with E-state index in [0.29, 0.717) is 6.10 Å². The average Bonchev–Trinajstić information content (AvgIpc) is 2.37. The predicted octanol–water partition coefficient (Wildman–Crippen LogP) is 2.12. The van der Waals surface area contributed by atoms with E-state index in [1.165, 1.54) is 5.56 Å². The Labute approximate surface area is 109 Å². The number of nitrogens with zero attached hydrogens (tertiary/aromatic N) is 2. The second-order valence-corrected chi connectivity index (χ2v) is 4.89. The first kappa shape index (κ1) is 13.3. The van der Waals surface area contributed by atoms with Crippen LogP contribution >= 0.6 is 0 Å². The lowest BCUT2D eigenvalue weighted by Gasteiger charge is -2.31. The van der Waals surface area contributed by atoms with E-state index in [0.717, 1.165) is 45.0 Å². The van der Waals surface area contributed by atoms with Crippen molar-refractivity contribution < 1.29 is 4.74 Å². The van der Waals surface area contributed by atoms with Gasteiger partial charge >= 0.3 is 0 Å². The molecule has 0 aromatic carbocycles. The summed E-state index contributed by atoms with van der Waals surface area (Å²) in [4.78, 5) is 6.77. The van der Waals surface area contributed by atoms with Crippen LogP contribution in [0, 0.1) is 0 Å². The highest BCUT2D eigenvalue weighted by molar-refractivity contribution is 5.37. The Balaban J connectivity index is 1.91. The molecule has 0 radical (unpaired) electrons. The number of hydrogen-bond acceptors (Lipinski definition) is 4. The number of pyridine rings is 1. The van der Waals surface area contributed by atoms with Crippen molar-refractivity contribution in [2.24, 2.45) is 0 Å². The smallest absolute Gasteiger partial charge is 0.126 e. The highest BCUT2D eigenvalue weighted by Crippen LogP contribution is 2.12. The van der Waals surface area contributed by atoms with Crippen LogP contribution in [0.4, 0.5) is 5.82 Å². The highest BCUT2D eigenvalue weighted by atomic mass is 16.5. The lowest BCUT2D eigenvalue weighted by Crippen LogP contribution is -2.40. The van der Waals surface area contributed by atoms with E-state index >= 15 is 0 Å². The molecule has 0 spiro atoms. The van der Waals surface area contributed by atoms with Gasteiger partial charge in [0.25, 0.3) is 0 Å². The first-order chi connectivity index (χ1) is 8.78. The molecule has 18 heavy (non-hydrogen) atoms. The van der Waals surface area contributed by atoms with E-state index < -0.39 is 0 Å². The molecular weight excluding hydrogens is 226 g/mol. The van der Waals surface area contributed by atoms with Gasteiger partial charge in [-0.25, -0.2) is 4.98 Å². The number of ether oxygens (including phenoxy) is 1. The second kappa shape index (κ2) is 6.71. The van der Waals surface area contributed by atoms with Gasteiger partial charge in [0.05, 0.1) is 12.7 Å². The Kier molecular flexibility index (Phi) is 4.96. The molecule has 0 aliphatic carbocycles. The van der Waals surface area contributed by atoms with Gasteiger partial charge in [-0.3, -0.25) is 4.90 Å². The molecule has 100 valence electrons. The summed E-state index contributed by atoms with van der Waals surface area (Å²) in [6, 6.07) is 4.24. The van der Waals surface area contributed by atoms with Crippen LogP contribution in [0.25, 0.3) is 0 Å². The number of morpholine rings is 1. The summed E-state index contributed by atoms with van der Waals surface area (Å²) in [5, 5.41) is 3.33. The molecule has 0 saturated carbocycles. The number of rotatable bonds is 5. The van der Waals surface area contributed by atoms with Crippen LogP contribution in [0.2, 0.25) is 0 Å². The van der Waals surface area contributed by atoms with Gasteiger partial charge in [0.1, 0.15) is 5.82 Å². The zero-order chi connectivity index (χ0) is 12.8. The molecule has 2 heterocycles. The molecule has 1 fully saturated rings. The Hall–Kier alpha value is -1.13. The average molecular weight is 249 g/mol. The quantitative estimate of drug-likeness (QED) is 0.867.